The van der Waals surface area contributed by atoms with Crippen molar-refractivity contribution in [2.45, 2.75) is 69.1 Å². The van der Waals surface area contributed by atoms with E-state index in [2.05, 4.69) is 155 Å². The quantitative estimate of drug-likeness (QED) is 0.175. The van der Waals surface area contributed by atoms with Crippen LogP contribution in [-0.4, -0.2) is 6.71 Å². The Morgan fingerprint density at radius 2 is 1.07 bits per heavy atom. The number of para-hydroxylation sites is 3. The van der Waals surface area contributed by atoms with Gasteiger partial charge in [-0.1, -0.05) is 136 Å². The fourth-order valence-corrected chi connectivity index (χ4v) is 7.40. The van der Waals surface area contributed by atoms with Crippen molar-refractivity contribution in [3.63, 3.8) is 0 Å². The fraction of sp³-hybridized carbons (Fsp3) is 0.231. The molecular formula is C39H41BN2S. The number of anilines is 4. The minimum Gasteiger partial charge on any atom is -0.354 e. The molecule has 216 valence electrons. The zero-order valence-corrected chi connectivity index (χ0v) is 26.9. The van der Waals surface area contributed by atoms with Gasteiger partial charge in [0.15, 0.2) is 0 Å². The summed E-state index contributed by atoms with van der Waals surface area (Å²) in [6.45, 7) is 14.2. The Balaban J connectivity index is 1.45. The molecule has 0 spiro atoms. The first-order valence-corrected chi connectivity index (χ1v) is 16.4. The molecule has 0 bridgehead atoms. The van der Waals surface area contributed by atoms with E-state index in [9.17, 15) is 0 Å². The molecule has 1 heterocycles. The Labute approximate surface area is 262 Å². The van der Waals surface area contributed by atoms with Crippen LogP contribution in [0.1, 0.15) is 76.0 Å². The van der Waals surface area contributed by atoms with Crippen molar-refractivity contribution in [1.29, 1.82) is 0 Å². The van der Waals surface area contributed by atoms with Crippen LogP contribution < -0.4 is 27.0 Å². The maximum atomic E-state index is 3.72. The van der Waals surface area contributed by atoms with Crippen LogP contribution in [0.15, 0.2) is 119 Å². The molecule has 1 aliphatic rings. The van der Waals surface area contributed by atoms with Gasteiger partial charge < -0.3 is 10.6 Å². The van der Waals surface area contributed by atoms with Crippen LogP contribution in [0.25, 0.3) is 0 Å². The monoisotopic (exact) mass is 580 g/mol. The number of hydrogen-bond acceptors (Lipinski definition) is 3. The van der Waals surface area contributed by atoms with E-state index in [1.54, 1.807) is 0 Å². The van der Waals surface area contributed by atoms with Crippen molar-refractivity contribution in [3.05, 3.63) is 126 Å². The maximum absolute atomic E-state index is 3.72. The van der Waals surface area contributed by atoms with Gasteiger partial charge in [0.1, 0.15) is 0 Å². The number of hydrogen-bond donors (Lipinski definition) is 2. The normalized spacial score (nSPS) is 12.4. The fourth-order valence-electron chi connectivity index (χ4n) is 6.23. The van der Waals surface area contributed by atoms with Gasteiger partial charge in [-0.3, -0.25) is 0 Å². The predicted octanol–water partition coefficient (Wildman–Crippen LogP) is 9.52. The lowest BCUT2D eigenvalue weighted by atomic mass is 9.34. The average Bonchev–Trinajstić information content (AvgIpc) is 3.00. The zero-order chi connectivity index (χ0) is 30.1. The van der Waals surface area contributed by atoms with E-state index in [1.165, 1.54) is 42.9 Å². The topological polar surface area (TPSA) is 24.1 Å². The van der Waals surface area contributed by atoms with Crippen molar-refractivity contribution in [2.24, 2.45) is 0 Å². The minimum absolute atomic E-state index is 0.199. The summed E-state index contributed by atoms with van der Waals surface area (Å²) in [6.07, 6.45) is 0. The third-order valence-corrected chi connectivity index (χ3v) is 9.66. The molecule has 2 N–H and O–H groups in total. The molecule has 0 radical (unpaired) electrons. The van der Waals surface area contributed by atoms with Crippen LogP contribution in [0.3, 0.4) is 0 Å². The summed E-state index contributed by atoms with van der Waals surface area (Å²) in [6, 6.07) is 39.7. The Hall–Kier alpha value is -3.89. The number of benzene rings is 5. The molecule has 2 nitrogen and oxygen atoms in total. The molecule has 0 amide bonds. The summed E-state index contributed by atoms with van der Waals surface area (Å²) < 4.78 is 0. The highest BCUT2D eigenvalue weighted by molar-refractivity contribution is 8.00. The lowest BCUT2D eigenvalue weighted by Crippen LogP contribution is -2.57. The van der Waals surface area contributed by atoms with Gasteiger partial charge in [0.2, 0.25) is 6.71 Å². The van der Waals surface area contributed by atoms with Crippen LogP contribution in [-0.2, 0) is 0 Å². The molecular weight excluding hydrogens is 539 g/mol. The Kier molecular flexibility index (Phi) is 8.41. The van der Waals surface area contributed by atoms with Gasteiger partial charge in [-0.2, -0.15) is 0 Å². The first-order chi connectivity index (χ1) is 20.8. The Bertz CT molecular complexity index is 1710. The van der Waals surface area contributed by atoms with Crippen LogP contribution in [0.5, 0.6) is 0 Å². The molecule has 4 heteroatoms. The zero-order valence-electron chi connectivity index (χ0n) is 26.1. The summed E-state index contributed by atoms with van der Waals surface area (Å²) in [7, 11) is 0. The summed E-state index contributed by atoms with van der Waals surface area (Å²) in [5.41, 5.74) is 13.0. The Morgan fingerprint density at radius 3 is 1.70 bits per heavy atom. The molecule has 0 atom stereocenters. The first-order valence-electron chi connectivity index (χ1n) is 15.6. The molecule has 1 aliphatic heterocycles. The smallest absolute Gasteiger partial charge is 0.244 e. The molecule has 0 saturated heterocycles. The van der Waals surface area contributed by atoms with E-state index in [-0.39, 0.29) is 6.71 Å². The summed E-state index contributed by atoms with van der Waals surface area (Å²) in [5, 5.41) is 7.30. The highest BCUT2D eigenvalue weighted by Gasteiger charge is 2.35. The van der Waals surface area contributed by atoms with Gasteiger partial charge in [0.25, 0.3) is 0 Å². The third kappa shape index (κ3) is 5.99. The van der Waals surface area contributed by atoms with E-state index in [0.717, 1.165) is 22.7 Å². The molecule has 0 aromatic heterocycles. The SMILES string of the molecule is CC(C)c1cc(C(C)C)c(B2c3ccccc3Sc3cc(Nc4ccccc4Nc4ccccc4)ccc32)c(C(C)C)c1. The summed E-state index contributed by atoms with van der Waals surface area (Å²) in [4.78, 5) is 2.67. The highest BCUT2D eigenvalue weighted by Crippen LogP contribution is 2.35. The van der Waals surface area contributed by atoms with Crippen LogP contribution in [0, 0.1) is 0 Å². The second-order valence-electron chi connectivity index (χ2n) is 12.6. The highest BCUT2D eigenvalue weighted by atomic mass is 32.2. The molecule has 43 heavy (non-hydrogen) atoms. The van der Waals surface area contributed by atoms with Gasteiger partial charge in [-0.15, -0.1) is 0 Å². The standard InChI is InChI=1S/C39H41BN2S/c1-25(2)28-22-31(26(3)4)39(32(23-28)27(5)6)40-33-16-10-13-19-37(33)43-38-24-30(20-21-34(38)40)42-36-18-12-11-17-35(36)41-29-14-8-7-9-15-29/h7-27,41-42H,1-6H3. The molecule has 0 saturated carbocycles. The van der Waals surface area contributed by atoms with E-state index >= 15 is 0 Å². The van der Waals surface area contributed by atoms with E-state index < -0.39 is 0 Å². The Morgan fingerprint density at radius 1 is 0.512 bits per heavy atom. The van der Waals surface area contributed by atoms with Crippen molar-refractivity contribution < 1.29 is 0 Å². The van der Waals surface area contributed by atoms with Gasteiger partial charge in [0, 0.05) is 21.2 Å². The predicted molar refractivity (Wildman–Crippen MR) is 190 cm³/mol. The largest absolute Gasteiger partial charge is 0.354 e. The van der Waals surface area contributed by atoms with Gasteiger partial charge in [0.05, 0.1) is 11.4 Å². The molecule has 6 rings (SSSR count). The van der Waals surface area contributed by atoms with Gasteiger partial charge in [-0.25, -0.2) is 0 Å². The van der Waals surface area contributed by atoms with Crippen LogP contribution in [0.4, 0.5) is 22.7 Å². The van der Waals surface area contributed by atoms with Crippen molar-refractivity contribution >= 4 is 57.6 Å². The molecule has 5 aromatic carbocycles. The number of nitrogens with one attached hydrogen (secondary N) is 2. The lowest BCUT2D eigenvalue weighted by Gasteiger charge is -2.32. The number of rotatable bonds is 8. The second-order valence-corrected chi connectivity index (χ2v) is 13.6. The first kappa shape index (κ1) is 29.2. The van der Waals surface area contributed by atoms with Crippen LogP contribution >= 0.6 is 11.8 Å². The van der Waals surface area contributed by atoms with E-state index in [4.69, 9.17) is 0 Å². The molecule has 0 unspecified atom stereocenters. The van der Waals surface area contributed by atoms with Gasteiger partial charge >= 0.3 is 0 Å². The van der Waals surface area contributed by atoms with Crippen molar-refractivity contribution in [3.8, 4) is 0 Å². The lowest BCUT2D eigenvalue weighted by molar-refractivity contribution is 0.812. The van der Waals surface area contributed by atoms with Crippen LogP contribution in [0.2, 0.25) is 0 Å². The molecule has 5 aromatic rings. The third-order valence-electron chi connectivity index (χ3n) is 8.50. The van der Waals surface area contributed by atoms with Crippen molar-refractivity contribution in [1.82, 2.24) is 0 Å². The summed E-state index contributed by atoms with van der Waals surface area (Å²) in [5.74, 6) is 1.37. The summed E-state index contributed by atoms with van der Waals surface area (Å²) >= 11 is 1.89. The van der Waals surface area contributed by atoms with Crippen molar-refractivity contribution in [2.75, 3.05) is 10.6 Å². The molecule has 0 fully saturated rings. The number of fused-ring (bicyclic) bond motifs is 2. The van der Waals surface area contributed by atoms with Gasteiger partial charge in [-0.05, 0) is 76.9 Å². The van der Waals surface area contributed by atoms with E-state index in [0.29, 0.717) is 17.8 Å². The maximum Gasteiger partial charge on any atom is 0.244 e. The molecule has 0 aliphatic carbocycles. The van der Waals surface area contributed by atoms with E-state index in [1.807, 2.05) is 17.8 Å². The average molecular weight is 581 g/mol. The second kappa shape index (κ2) is 12.4. The minimum atomic E-state index is 0.199.